The molecule has 0 saturated carbocycles. The molecule has 2 atom stereocenters. The Labute approximate surface area is 249 Å². The van der Waals surface area contributed by atoms with Crippen LogP contribution in [-0.4, -0.2) is 72.6 Å². The highest BCUT2D eigenvalue weighted by Gasteiger charge is 2.33. The number of carbonyl (C=O) groups is 1. The lowest BCUT2D eigenvalue weighted by Gasteiger charge is -2.42. The number of likely N-dealkylation sites (tertiary alicyclic amines) is 1. The van der Waals surface area contributed by atoms with Gasteiger partial charge in [0.25, 0.3) is 0 Å². The second kappa shape index (κ2) is 11.8. The summed E-state index contributed by atoms with van der Waals surface area (Å²) in [5.41, 5.74) is 4.04. The number of anilines is 1. The van der Waals surface area contributed by atoms with Gasteiger partial charge in [-0.1, -0.05) is 30.8 Å². The number of nitrogens with zero attached hydrogens (tertiary/aromatic N) is 6. The van der Waals surface area contributed by atoms with Gasteiger partial charge in [0.15, 0.2) is 0 Å². The summed E-state index contributed by atoms with van der Waals surface area (Å²) in [5, 5.41) is 24.2. The van der Waals surface area contributed by atoms with Gasteiger partial charge in [0, 0.05) is 41.1 Å². The van der Waals surface area contributed by atoms with Gasteiger partial charge in [0.1, 0.15) is 18.2 Å². The summed E-state index contributed by atoms with van der Waals surface area (Å²) in [6.45, 7) is 6.47. The zero-order valence-corrected chi connectivity index (χ0v) is 24.4. The van der Waals surface area contributed by atoms with E-state index in [4.69, 9.17) is 9.72 Å². The third-order valence-electron chi connectivity index (χ3n) is 8.51. The molecule has 2 aliphatic rings. The molecule has 1 amide bonds. The van der Waals surface area contributed by atoms with Crippen LogP contribution in [0.3, 0.4) is 0 Å². The summed E-state index contributed by atoms with van der Waals surface area (Å²) in [5.74, 6) is 0.138. The normalized spacial score (nSPS) is 19.1. The molecule has 4 heterocycles. The first-order valence-electron chi connectivity index (χ1n) is 14.2. The van der Waals surface area contributed by atoms with Gasteiger partial charge < -0.3 is 19.4 Å². The second-order valence-electron chi connectivity index (χ2n) is 10.9. The lowest BCUT2D eigenvalue weighted by Crippen LogP contribution is -2.55. The van der Waals surface area contributed by atoms with Crippen LogP contribution in [0.2, 0.25) is 0 Å². The first kappa shape index (κ1) is 27.7. The molecule has 212 valence electrons. The highest BCUT2D eigenvalue weighted by Crippen LogP contribution is 2.40. The molecule has 2 saturated heterocycles. The molecule has 0 spiro atoms. The lowest BCUT2D eigenvalue weighted by atomic mass is 9.98. The summed E-state index contributed by atoms with van der Waals surface area (Å²) in [6.07, 6.45) is 3.65. The van der Waals surface area contributed by atoms with Crippen LogP contribution < -0.4 is 9.64 Å². The van der Waals surface area contributed by atoms with E-state index in [1.807, 2.05) is 6.07 Å². The molecule has 0 radical (unpaired) electrons. The fourth-order valence-corrected chi connectivity index (χ4v) is 7.10. The Morgan fingerprint density at radius 1 is 1.17 bits per heavy atom. The van der Waals surface area contributed by atoms with Crippen LogP contribution >= 0.6 is 11.3 Å². The summed E-state index contributed by atoms with van der Waals surface area (Å²) < 4.78 is 7.57. The van der Waals surface area contributed by atoms with Gasteiger partial charge in [-0.25, -0.2) is 4.98 Å². The number of fused-ring (bicyclic) bond motifs is 2. The van der Waals surface area contributed by atoms with Crippen molar-refractivity contribution in [2.45, 2.75) is 31.3 Å². The molecule has 0 unspecified atom stereocenters. The maximum absolute atomic E-state index is 12.6. The van der Waals surface area contributed by atoms with Gasteiger partial charge in [0.2, 0.25) is 11.8 Å². The highest BCUT2D eigenvalue weighted by atomic mass is 32.1. The number of thiophene rings is 1. The first-order chi connectivity index (χ1) is 20.5. The zero-order valence-electron chi connectivity index (χ0n) is 23.6. The van der Waals surface area contributed by atoms with Crippen molar-refractivity contribution in [1.82, 2.24) is 14.8 Å². The van der Waals surface area contributed by atoms with Crippen molar-refractivity contribution in [3.63, 3.8) is 0 Å². The second-order valence-corrected chi connectivity index (χ2v) is 11.9. The number of likely N-dealkylation sites (N-methyl/N-ethyl adjacent to an activating group) is 1. The van der Waals surface area contributed by atoms with Crippen LogP contribution in [0.15, 0.2) is 60.5 Å². The van der Waals surface area contributed by atoms with Crippen molar-refractivity contribution in [1.29, 1.82) is 10.5 Å². The van der Waals surface area contributed by atoms with E-state index in [-0.39, 0.29) is 24.4 Å². The number of hydrogen-bond donors (Lipinski definition) is 0. The fraction of sp³-hybridized carbons (Fsp3) is 0.333. The van der Waals surface area contributed by atoms with E-state index in [1.54, 1.807) is 16.2 Å². The summed E-state index contributed by atoms with van der Waals surface area (Å²) in [7, 11) is 2.10. The van der Waals surface area contributed by atoms with Crippen molar-refractivity contribution in [2.24, 2.45) is 0 Å². The smallest absolute Gasteiger partial charge is 0.246 e. The molecular weight excluding hydrogens is 544 g/mol. The molecule has 0 aliphatic carbocycles. The van der Waals surface area contributed by atoms with Gasteiger partial charge in [-0.3, -0.25) is 4.79 Å². The summed E-state index contributed by atoms with van der Waals surface area (Å²) in [6, 6.07) is 19.2. The Kier molecular flexibility index (Phi) is 7.80. The maximum Gasteiger partial charge on any atom is 0.246 e. The van der Waals surface area contributed by atoms with Gasteiger partial charge in [-0.05, 0) is 67.2 Å². The van der Waals surface area contributed by atoms with Gasteiger partial charge in [-0.15, -0.1) is 11.3 Å². The van der Waals surface area contributed by atoms with Crippen molar-refractivity contribution in [3.05, 3.63) is 66.1 Å². The van der Waals surface area contributed by atoms with E-state index in [2.05, 4.69) is 77.3 Å². The number of carbonyl (C=O) groups excluding carboxylic acids is 1. The number of rotatable bonds is 7. The largest absolute Gasteiger partial charge is 0.475 e. The van der Waals surface area contributed by atoms with Crippen molar-refractivity contribution in [3.8, 4) is 29.1 Å². The standard InChI is InChI=1S/C33H32N6O2S/c1-3-31(40)39-16-15-38(20-23(39)11-13-34)32-27-10-9-22(25-7-4-8-30-26(25)12-17-42-30)18-29(27)36-33(28(32)19-35)41-21-24-6-5-14-37(24)2/h3-4,7-10,12,17-18,23-24H,1,5-6,11,14-16,20-21H2,2H3/t23-,24-/m0/s1. The van der Waals surface area contributed by atoms with Crippen molar-refractivity contribution >= 4 is 43.9 Å². The van der Waals surface area contributed by atoms with Crippen LogP contribution in [-0.2, 0) is 4.79 Å². The number of amides is 1. The Balaban J connectivity index is 1.47. The van der Waals surface area contributed by atoms with E-state index in [0.717, 1.165) is 47.1 Å². The van der Waals surface area contributed by atoms with E-state index >= 15 is 0 Å². The predicted octanol–water partition coefficient (Wildman–Crippen LogP) is 5.58. The molecule has 2 aromatic heterocycles. The minimum atomic E-state index is -0.323. The SMILES string of the molecule is C=CC(=O)N1CCN(c2c(C#N)c(OC[C@@H]3CCCN3C)nc3cc(-c4cccc5sccc45)ccc23)C[C@@H]1CC#N. The van der Waals surface area contributed by atoms with Gasteiger partial charge >= 0.3 is 0 Å². The molecule has 2 fully saturated rings. The van der Waals surface area contributed by atoms with Crippen LogP contribution in [0.1, 0.15) is 24.8 Å². The molecule has 6 rings (SSSR count). The number of aromatic nitrogens is 1. The molecule has 8 nitrogen and oxygen atoms in total. The van der Waals surface area contributed by atoms with Gasteiger partial charge in [0.05, 0.1) is 29.7 Å². The molecule has 2 aromatic carbocycles. The zero-order chi connectivity index (χ0) is 29.2. The van der Waals surface area contributed by atoms with E-state index in [9.17, 15) is 15.3 Å². The number of hydrogen-bond acceptors (Lipinski definition) is 8. The average Bonchev–Trinajstić information content (AvgIpc) is 3.67. The third kappa shape index (κ3) is 5.07. The topological polar surface area (TPSA) is 96.5 Å². The predicted molar refractivity (Wildman–Crippen MR) is 167 cm³/mol. The van der Waals surface area contributed by atoms with Crippen LogP contribution in [0.25, 0.3) is 32.1 Å². The Hall–Kier alpha value is -4.44. The number of piperazine rings is 1. The Morgan fingerprint density at radius 3 is 2.81 bits per heavy atom. The average molecular weight is 577 g/mol. The third-order valence-corrected chi connectivity index (χ3v) is 9.39. The van der Waals surface area contributed by atoms with E-state index < -0.39 is 0 Å². The molecule has 4 aromatic rings. The van der Waals surface area contributed by atoms with Crippen molar-refractivity contribution < 1.29 is 9.53 Å². The van der Waals surface area contributed by atoms with Crippen LogP contribution in [0.5, 0.6) is 5.88 Å². The number of nitriles is 2. The molecule has 42 heavy (non-hydrogen) atoms. The highest BCUT2D eigenvalue weighted by molar-refractivity contribution is 7.17. The lowest BCUT2D eigenvalue weighted by molar-refractivity contribution is -0.128. The minimum absolute atomic E-state index is 0.188. The number of benzene rings is 2. The first-order valence-corrected chi connectivity index (χ1v) is 15.1. The van der Waals surface area contributed by atoms with E-state index in [1.165, 1.54) is 16.2 Å². The quantitative estimate of drug-likeness (QED) is 0.265. The monoisotopic (exact) mass is 576 g/mol. The van der Waals surface area contributed by atoms with Crippen LogP contribution in [0, 0.1) is 22.7 Å². The fourth-order valence-electron chi connectivity index (χ4n) is 6.28. The summed E-state index contributed by atoms with van der Waals surface area (Å²) in [4.78, 5) is 23.6. The number of pyridine rings is 1. The van der Waals surface area contributed by atoms with Gasteiger partial charge in [-0.2, -0.15) is 10.5 Å². The maximum atomic E-state index is 12.6. The Bertz CT molecular complexity index is 1750. The van der Waals surface area contributed by atoms with Crippen LogP contribution in [0.4, 0.5) is 5.69 Å². The molecule has 0 bridgehead atoms. The minimum Gasteiger partial charge on any atom is -0.475 e. The molecule has 2 aliphatic heterocycles. The number of ether oxygens (including phenoxy) is 1. The summed E-state index contributed by atoms with van der Waals surface area (Å²) >= 11 is 1.72. The molecular formula is C33H32N6O2S. The molecule has 0 N–H and O–H groups in total. The van der Waals surface area contributed by atoms with E-state index in [0.29, 0.717) is 37.7 Å². The van der Waals surface area contributed by atoms with Crippen molar-refractivity contribution in [2.75, 3.05) is 44.7 Å². The molecule has 9 heteroatoms. The Morgan fingerprint density at radius 2 is 2.05 bits per heavy atom.